The van der Waals surface area contributed by atoms with Crippen LogP contribution in [0.15, 0.2) is 29.1 Å². The molecule has 1 fully saturated rings. The zero-order valence-corrected chi connectivity index (χ0v) is 11.1. The predicted octanol–water partition coefficient (Wildman–Crippen LogP) is 3.05. The van der Waals surface area contributed by atoms with Crippen molar-refractivity contribution in [2.24, 2.45) is 0 Å². The van der Waals surface area contributed by atoms with Crippen molar-refractivity contribution < 1.29 is 0 Å². The summed E-state index contributed by atoms with van der Waals surface area (Å²) in [6.45, 7) is 0. The molecule has 88 valence electrons. The Morgan fingerprint density at radius 3 is 2.78 bits per heavy atom. The Morgan fingerprint density at radius 1 is 1.22 bits per heavy atom. The molecule has 0 bridgehead atoms. The lowest BCUT2D eigenvalue weighted by atomic mass is 10.1. The first kappa shape index (κ1) is 11.3. The van der Waals surface area contributed by atoms with Crippen LogP contribution < -0.4 is 0 Å². The molecule has 0 saturated heterocycles. The normalized spacial score (nSPS) is 14.2. The average Bonchev–Trinajstić information content (AvgIpc) is 3.22. The van der Waals surface area contributed by atoms with Crippen LogP contribution in [0.5, 0.6) is 0 Å². The lowest BCUT2D eigenvalue weighted by Gasteiger charge is -2.04. The lowest BCUT2D eigenvalue weighted by Crippen LogP contribution is -1.96. The second-order valence-electron chi connectivity index (χ2n) is 4.28. The van der Waals surface area contributed by atoms with Crippen LogP contribution in [0.1, 0.15) is 30.1 Å². The molecule has 5 heteroatoms. The molecule has 2 aromatic heterocycles. The van der Waals surface area contributed by atoms with E-state index in [0.717, 1.165) is 34.5 Å². The van der Waals surface area contributed by atoms with Crippen LogP contribution in [0.4, 0.5) is 0 Å². The number of aromatic nitrogens is 3. The maximum Gasteiger partial charge on any atom is 0.133 e. The molecule has 1 saturated carbocycles. The van der Waals surface area contributed by atoms with E-state index in [0.29, 0.717) is 11.5 Å². The summed E-state index contributed by atoms with van der Waals surface area (Å²) < 4.78 is 0.775. The monoisotopic (exact) mass is 300 g/mol. The Kier molecular flexibility index (Phi) is 2.80. The summed E-state index contributed by atoms with van der Waals surface area (Å²) >= 11 is 3.41. The van der Waals surface area contributed by atoms with Crippen LogP contribution in [-0.4, -0.2) is 15.0 Å². The van der Waals surface area contributed by atoms with Crippen molar-refractivity contribution in [3.05, 3.63) is 40.5 Å². The van der Waals surface area contributed by atoms with Gasteiger partial charge in [0.05, 0.1) is 11.3 Å². The number of pyridine rings is 1. The van der Waals surface area contributed by atoms with Gasteiger partial charge in [0.2, 0.25) is 0 Å². The first-order chi connectivity index (χ1) is 8.76. The third-order valence-electron chi connectivity index (χ3n) is 2.82. The van der Waals surface area contributed by atoms with Crippen LogP contribution in [0.25, 0.3) is 11.3 Å². The summed E-state index contributed by atoms with van der Waals surface area (Å²) in [6, 6.07) is 5.73. The van der Waals surface area contributed by atoms with Crippen LogP contribution in [-0.2, 0) is 0 Å². The van der Waals surface area contributed by atoms with E-state index in [9.17, 15) is 0 Å². The Bertz CT molecular complexity index is 644. The van der Waals surface area contributed by atoms with Crippen molar-refractivity contribution >= 4 is 15.9 Å². The summed E-state index contributed by atoms with van der Waals surface area (Å²) in [5.41, 5.74) is 2.19. The molecule has 0 N–H and O–H groups in total. The van der Waals surface area contributed by atoms with Crippen molar-refractivity contribution in [3.63, 3.8) is 0 Å². The summed E-state index contributed by atoms with van der Waals surface area (Å²) in [7, 11) is 0. The molecule has 18 heavy (non-hydrogen) atoms. The molecule has 0 aromatic carbocycles. The highest BCUT2D eigenvalue weighted by molar-refractivity contribution is 9.10. The number of hydrogen-bond acceptors (Lipinski definition) is 4. The fourth-order valence-corrected chi connectivity index (χ4v) is 2.15. The van der Waals surface area contributed by atoms with Gasteiger partial charge in [-0.25, -0.2) is 9.97 Å². The van der Waals surface area contributed by atoms with Crippen molar-refractivity contribution in [1.82, 2.24) is 15.0 Å². The van der Waals surface area contributed by atoms with E-state index in [4.69, 9.17) is 5.26 Å². The van der Waals surface area contributed by atoms with Crippen LogP contribution >= 0.6 is 15.9 Å². The minimum atomic E-state index is 0.494. The zero-order valence-electron chi connectivity index (χ0n) is 9.47. The number of rotatable bonds is 2. The summed E-state index contributed by atoms with van der Waals surface area (Å²) in [5, 5.41) is 8.88. The molecule has 0 spiro atoms. The molecule has 2 heterocycles. The second-order valence-corrected chi connectivity index (χ2v) is 5.09. The Balaban J connectivity index is 2.07. The van der Waals surface area contributed by atoms with Gasteiger partial charge in [0.25, 0.3) is 0 Å². The highest BCUT2D eigenvalue weighted by atomic mass is 79.9. The van der Waals surface area contributed by atoms with Gasteiger partial charge >= 0.3 is 0 Å². The highest BCUT2D eigenvalue weighted by Crippen LogP contribution is 2.39. The van der Waals surface area contributed by atoms with Crippen molar-refractivity contribution in [3.8, 4) is 17.3 Å². The molecule has 2 aromatic rings. The fraction of sp³-hybridized carbons (Fsp3) is 0.231. The first-order valence-corrected chi connectivity index (χ1v) is 6.45. The summed E-state index contributed by atoms with van der Waals surface area (Å²) in [4.78, 5) is 13.0. The van der Waals surface area contributed by atoms with Crippen molar-refractivity contribution in [2.45, 2.75) is 18.8 Å². The zero-order chi connectivity index (χ0) is 12.5. The molecule has 1 aliphatic carbocycles. The van der Waals surface area contributed by atoms with Crippen LogP contribution in [0.2, 0.25) is 0 Å². The molecule has 0 atom stereocenters. The minimum absolute atomic E-state index is 0.494. The largest absolute Gasteiger partial charge is 0.263 e. The van der Waals surface area contributed by atoms with Gasteiger partial charge in [-0.1, -0.05) is 0 Å². The molecule has 3 rings (SSSR count). The maximum absolute atomic E-state index is 8.88. The SMILES string of the molecule is N#Cc1cncc(-c2cc(Br)nc(C3CC3)n2)c1. The van der Waals surface area contributed by atoms with Gasteiger partial charge < -0.3 is 0 Å². The standard InChI is InChI=1S/C13H9BrN4/c14-12-4-11(17-13(18-12)9-1-2-9)10-3-8(5-15)6-16-7-10/h3-4,6-7,9H,1-2H2. The van der Waals surface area contributed by atoms with E-state index in [1.165, 1.54) is 0 Å². The summed E-state index contributed by atoms with van der Waals surface area (Å²) in [6.07, 6.45) is 5.58. The minimum Gasteiger partial charge on any atom is -0.263 e. The van der Waals surface area contributed by atoms with Crippen molar-refractivity contribution in [1.29, 1.82) is 5.26 Å². The van der Waals surface area contributed by atoms with Gasteiger partial charge in [-0.3, -0.25) is 4.98 Å². The van der Waals surface area contributed by atoms with Gasteiger partial charge in [0.1, 0.15) is 16.5 Å². The number of nitrogens with zero attached hydrogens (tertiary/aromatic N) is 4. The Morgan fingerprint density at radius 2 is 2.06 bits per heavy atom. The van der Waals surface area contributed by atoms with Crippen LogP contribution in [0, 0.1) is 11.3 Å². The quantitative estimate of drug-likeness (QED) is 0.800. The summed E-state index contributed by atoms with van der Waals surface area (Å²) in [5.74, 6) is 1.37. The third-order valence-corrected chi connectivity index (χ3v) is 3.22. The third kappa shape index (κ3) is 2.24. The van der Waals surface area contributed by atoms with Gasteiger partial charge in [-0.05, 0) is 40.9 Å². The first-order valence-electron chi connectivity index (χ1n) is 5.66. The van der Waals surface area contributed by atoms with E-state index in [1.54, 1.807) is 18.5 Å². The van der Waals surface area contributed by atoms with Gasteiger partial charge in [-0.2, -0.15) is 5.26 Å². The fourth-order valence-electron chi connectivity index (χ4n) is 1.75. The maximum atomic E-state index is 8.88. The average molecular weight is 301 g/mol. The van der Waals surface area contributed by atoms with Gasteiger partial charge in [-0.15, -0.1) is 0 Å². The Labute approximate surface area is 113 Å². The molecule has 0 unspecified atom stereocenters. The van der Waals surface area contributed by atoms with E-state index in [1.807, 2.05) is 6.07 Å². The van der Waals surface area contributed by atoms with E-state index in [2.05, 4.69) is 37.0 Å². The number of halogens is 1. The lowest BCUT2D eigenvalue weighted by molar-refractivity contribution is 0.919. The second kappa shape index (κ2) is 4.46. The van der Waals surface area contributed by atoms with E-state index in [-0.39, 0.29) is 0 Å². The topological polar surface area (TPSA) is 62.5 Å². The van der Waals surface area contributed by atoms with Gasteiger partial charge in [0, 0.05) is 23.9 Å². The highest BCUT2D eigenvalue weighted by Gasteiger charge is 2.27. The number of nitriles is 1. The van der Waals surface area contributed by atoms with E-state index >= 15 is 0 Å². The van der Waals surface area contributed by atoms with Gasteiger partial charge in [0.15, 0.2) is 0 Å². The molecule has 0 aliphatic heterocycles. The molecule has 4 nitrogen and oxygen atoms in total. The molecule has 1 aliphatic rings. The molecule has 0 amide bonds. The van der Waals surface area contributed by atoms with Crippen LogP contribution in [0.3, 0.4) is 0 Å². The Hall–Kier alpha value is -1.80. The van der Waals surface area contributed by atoms with Crippen molar-refractivity contribution in [2.75, 3.05) is 0 Å². The molecular formula is C13H9BrN4. The predicted molar refractivity (Wildman–Crippen MR) is 69.7 cm³/mol. The smallest absolute Gasteiger partial charge is 0.133 e. The van der Waals surface area contributed by atoms with E-state index < -0.39 is 0 Å². The molecule has 0 radical (unpaired) electrons. The molecular weight excluding hydrogens is 292 g/mol. The number of hydrogen-bond donors (Lipinski definition) is 0.